The number of rotatable bonds is 3. The highest BCUT2D eigenvalue weighted by molar-refractivity contribution is 5.82. The van der Waals surface area contributed by atoms with E-state index in [4.69, 9.17) is 5.73 Å². The Balaban J connectivity index is 2.41. The van der Waals surface area contributed by atoms with Gasteiger partial charge in [-0.1, -0.05) is 20.8 Å². The molecule has 1 aliphatic carbocycles. The summed E-state index contributed by atoms with van der Waals surface area (Å²) in [6, 6.07) is 0. The van der Waals surface area contributed by atoms with E-state index in [-0.39, 0.29) is 0 Å². The molecule has 1 rings (SSSR count). The summed E-state index contributed by atoms with van der Waals surface area (Å²) in [6.45, 7) is 7.73. The van der Waals surface area contributed by atoms with Gasteiger partial charge in [0.25, 0.3) is 0 Å². The molecular weight excluding hydrogens is 172 g/mol. The van der Waals surface area contributed by atoms with Crippen molar-refractivity contribution >= 4 is 5.84 Å². The molecule has 0 amide bonds. The second kappa shape index (κ2) is 4.81. The van der Waals surface area contributed by atoms with Crippen molar-refractivity contribution < 1.29 is 0 Å². The number of nitrogens with two attached hydrogens (primary N) is 1. The fourth-order valence-electron chi connectivity index (χ4n) is 2.07. The lowest BCUT2D eigenvalue weighted by Crippen LogP contribution is -2.31. The molecule has 2 heteroatoms. The zero-order valence-corrected chi connectivity index (χ0v) is 9.84. The minimum absolute atomic E-state index is 0.529. The van der Waals surface area contributed by atoms with Gasteiger partial charge in [0.1, 0.15) is 0 Å². The molecule has 0 atom stereocenters. The molecule has 1 fully saturated rings. The van der Waals surface area contributed by atoms with Crippen LogP contribution in [0.15, 0.2) is 4.99 Å². The Bertz CT molecular complexity index is 196. The van der Waals surface area contributed by atoms with Gasteiger partial charge in [-0.05, 0) is 37.5 Å². The summed E-state index contributed by atoms with van der Waals surface area (Å²) in [5.41, 5.74) is 6.50. The summed E-state index contributed by atoms with van der Waals surface area (Å²) in [7, 11) is 0. The van der Waals surface area contributed by atoms with Crippen molar-refractivity contribution in [2.24, 2.45) is 22.1 Å². The van der Waals surface area contributed by atoms with Crippen LogP contribution in [-0.2, 0) is 0 Å². The van der Waals surface area contributed by atoms with Gasteiger partial charge in [0.05, 0.1) is 5.84 Å². The fraction of sp³-hybridized carbons (Fsp3) is 0.917. The van der Waals surface area contributed by atoms with Gasteiger partial charge >= 0.3 is 0 Å². The second-order valence-corrected chi connectivity index (χ2v) is 5.25. The van der Waals surface area contributed by atoms with E-state index in [9.17, 15) is 0 Å². The molecule has 0 heterocycles. The average Bonchev–Trinajstić information content (AvgIpc) is 2.14. The van der Waals surface area contributed by atoms with Gasteiger partial charge in [0.2, 0.25) is 0 Å². The summed E-state index contributed by atoms with van der Waals surface area (Å²) in [4.78, 5) is 4.41. The highest BCUT2D eigenvalue weighted by Gasteiger charge is 2.28. The normalized spacial score (nSPS) is 23.8. The predicted octanol–water partition coefficient (Wildman–Crippen LogP) is 2.97. The molecule has 0 spiro atoms. The summed E-state index contributed by atoms with van der Waals surface area (Å²) < 4.78 is 0. The lowest BCUT2D eigenvalue weighted by atomic mass is 9.73. The van der Waals surface area contributed by atoms with E-state index in [0.717, 1.165) is 18.8 Å². The van der Waals surface area contributed by atoms with Crippen LogP contribution in [0.2, 0.25) is 0 Å². The van der Waals surface area contributed by atoms with Crippen LogP contribution in [-0.4, -0.2) is 12.4 Å². The predicted molar refractivity (Wildman–Crippen MR) is 62.5 cm³/mol. The van der Waals surface area contributed by atoms with Crippen LogP contribution in [0, 0.1) is 11.3 Å². The monoisotopic (exact) mass is 196 g/mol. The van der Waals surface area contributed by atoms with E-state index in [2.05, 4.69) is 25.8 Å². The van der Waals surface area contributed by atoms with Crippen molar-refractivity contribution in [2.45, 2.75) is 52.9 Å². The highest BCUT2D eigenvalue weighted by Crippen LogP contribution is 2.37. The van der Waals surface area contributed by atoms with E-state index in [1.54, 1.807) is 0 Å². The minimum Gasteiger partial charge on any atom is -0.387 e. The molecular formula is C12H24N2. The van der Waals surface area contributed by atoms with Crippen LogP contribution >= 0.6 is 0 Å². The third-order valence-corrected chi connectivity index (χ3v) is 3.28. The highest BCUT2D eigenvalue weighted by atomic mass is 14.9. The Morgan fingerprint density at radius 1 is 1.36 bits per heavy atom. The first-order valence-electron chi connectivity index (χ1n) is 5.85. The largest absolute Gasteiger partial charge is 0.387 e. The van der Waals surface area contributed by atoms with Crippen molar-refractivity contribution in [3.05, 3.63) is 0 Å². The first-order chi connectivity index (χ1) is 6.55. The maximum atomic E-state index is 5.97. The summed E-state index contributed by atoms with van der Waals surface area (Å²) >= 11 is 0. The third-order valence-electron chi connectivity index (χ3n) is 3.28. The number of hydrogen-bond donors (Lipinski definition) is 1. The first kappa shape index (κ1) is 11.5. The van der Waals surface area contributed by atoms with Crippen LogP contribution in [0.25, 0.3) is 0 Å². The van der Waals surface area contributed by atoms with Gasteiger partial charge in [-0.2, -0.15) is 0 Å². The van der Waals surface area contributed by atoms with Crippen LogP contribution < -0.4 is 5.73 Å². The molecule has 0 saturated heterocycles. The van der Waals surface area contributed by atoms with Gasteiger partial charge in [0, 0.05) is 12.5 Å². The Morgan fingerprint density at radius 3 is 2.43 bits per heavy atom. The zero-order valence-electron chi connectivity index (χ0n) is 9.84. The van der Waals surface area contributed by atoms with Crippen LogP contribution in [0.1, 0.15) is 52.9 Å². The molecule has 0 aliphatic heterocycles. The van der Waals surface area contributed by atoms with E-state index < -0.39 is 0 Å². The zero-order chi connectivity index (χ0) is 10.6. The summed E-state index contributed by atoms with van der Waals surface area (Å²) in [5.74, 6) is 1.47. The maximum absolute atomic E-state index is 5.97. The number of amidine groups is 1. The SMILES string of the molecule is CCCN=C(N)C1CCC(C)(C)CC1. The van der Waals surface area contributed by atoms with Crippen molar-refractivity contribution in [3.8, 4) is 0 Å². The molecule has 0 bridgehead atoms. The van der Waals surface area contributed by atoms with Crippen molar-refractivity contribution in [2.75, 3.05) is 6.54 Å². The Morgan fingerprint density at radius 2 is 1.93 bits per heavy atom. The fourth-order valence-corrected chi connectivity index (χ4v) is 2.07. The van der Waals surface area contributed by atoms with Gasteiger partial charge in [-0.15, -0.1) is 0 Å². The first-order valence-corrected chi connectivity index (χ1v) is 5.85. The Labute approximate surface area is 88.0 Å². The van der Waals surface area contributed by atoms with E-state index >= 15 is 0 Å². The molecule has 0 unspecified atom stereocenters. The summed E-state index contributed by atoms with van der Waals surface area (Å²) in [5, 5.41) is 0. The molecule has 82 valence electrons. The minimum atomic E-state index is 0.529. The van der Waals surface area contributed by atoms with Crippen LogP contribution in [0.5, 0.6) is 0 Å². The average molecular weight is 196 g/mol. The third kappa shape index (κ3) is 3.32. The Hall–Kier alpha value is -0.530. The second-order valence-electron chi connectivity index (χ2n) is 5.25. The van der Waals surface area contributed by atoms with E-state index in [0.29, 0.717) is 11.3 Å². The van der Waals surface area contributed by atoms with Crippen LogP contribution in [0.3, 0.4) is 0 Å². The molecule has 2 nitrogen and oxygen atoms in total. The maximum Gasteiger partial charge on any atom is 0.0968 e. The molecule has 0 radical (unpaired) electrons. The molecule has 14 heavy (non-hydrogen) atoms. The molecule has 0 aromatic carbocycles. The van der Waals surface area contributed by atoms with Gasteiger partial charge in [-0.25, -0.2) is 0 Å². The molecule has 0 aromatic rings. The number of nitrogens with zero attached hydrogens (tertiary/aromatic N) is 1. The van der Waals surface area contributed by atoms with Crippen LogP contribution in [0.4, 0.5) is 0 Å². The standard InChI is InChI=1S/C12H24N2/c1-4-9-14-11(13)10-5-7-12(2,3)8-6-10/h10H,4-9H2,1-3H3,(H2,13,14). The van der Waals surface area contributed by atoms with Gasteiger partial charge < -0.3 is 5.73 Å². The molecule has 1 aliphatic rings. The number of aliphatic imine (C=N–C) groups is 1. The van der Waals surface area contributed by atoms with Crippen molar-refractivity contribution in [1.29, 1.82) is 0 Å². The van der Waals surface area contributed by atoms with Crippen molar-refractivity contribution in [3.63, 3.8) is 0 Å². The lowest BCUT2D eigenvalue weighted by molar-refractivity contribution is 0.220. The topological polar surface area (TPSA) is 38.4 Å². The van der Waals surface area contributed by atoms with E-state index in [1.807, 2.05) is 0 Å². The summed E-state index contributed by atoms with van der Waals surface area (Å²) in [6.07, 6.45) is 6.14. The van der Waals surface area contributed by atoms with Gasteiger partial charge in [-0.3, -0.25) is 4.99 Å². The number of hydrogen-bond acceptors (Lipinski definition) is 1. The molecule has 1 saturated carbocycles. The van der Waals surface area contributed by atoms with Gasteiger partial charge in [0.15, 0.2) is 0 Å². The smallest absolute Gasteiger partial charge is 0.0968 e. The lowest BCUT2D eigenvalue weighted by Gasteiger charge is -2.33. The molecule has 0 aromatic heterocycles. The molecule has 2 N–H and O–H groups in total. The van der Waals surface area contributed by atoms with Crippen molar-refractivity contribution in [1.82, 2.24) is 0 Å². The quantitative estimate of drug-likeness (QED) is 0.547. The van der Waals surface area contributed by atoms with E-state index in [1.165, 1.54) is 25.7 Å². The Kier molecular flexibility index (Phi) is 3.97.